The van der Waals surface area contributed by atoms with Crippen molar-refractivity contribution < 1.29 is 14.5 Å². The third kappa shape index (κ3) is 4.23. The lowest BCUT2D eigenvalue weighted by atomic mass is 10.1. The number of amides is 2. The van der Waals surface area contributed by atoms with Gasteiger partial charge in [-0.05, 0) is 41.5 Å². The van der Waals surface area contributed by atoms with Crippen LogP contribution in [-0.2, 0) is 15.3 Å². The Morgan fingerprint density at radius 2 is 1.61 bits per heavy atom. The number of thioether (sulfide) groups is 1. The Bertz CT molecular complexity index is 1210. The quantitative estimate of drug-likeness (QED) is 0.283. The van der Waals surface area contributed by atoms with E-state index < -0.39 is 16.7 Å². The highest BCUT2D eigenvalue weighted by atomic mass is 35.5. The van der Waals surface area contributed by atoms with Gasteiger partial charge in [-0.15, -0.1) is 11.8 Å². The van der Waals surface area contributed by atoms with Gasteiger partial charge < -0.3 is 0 Å². The SMILES string of the molecule is O=C1C(SCc2ccccc2)=C(c2ccc([N+](=O)[O-])cc2)C(=O)N1c1cccc(Cl)c1. The molecule has 0 bridgehead atoms. The Morgan fingerprint density at radius 1 is 0.903 bits per heavy atom. The summed E-state index contributed by atoms with van der Waals surface area (Å²) in [5.74, 6) is -0.437. The van der Waals surface area contributed by atoms with E-state index >= 15 is 0 Å². The lowest BCUT2D eigenvalue weighted by Crippen LogP contribution is -2.31. The van der Waals surface area contributed by atoms with Gasteiger partial charge >= 0.3 is 0 Å². The third-order valence-corrected chi connectivity index (χ3v) is 6.08. The van der Waals surface area contributed by atoms with Crippen molar-refractivity contribution in [3.05, 3.63) is 110 Å². The first-order chi connectivity index (χ1) is 15.0. The highest BCUT2D eigenvalue weighted by Gasteiger charge is 2.40. The van der Waals surface area contributed by atoms with E-state index in [9.17, 15) is 19.7 Å². The van der Waals surface area contributed by atoms with Gasteiger partial charge in [-0.2, -0.15) is 0 Å². The summed E-state index contributed by atoms with van der Waals surface area (Å²) in [6.45, 7) is 0. The molecular formula is C23H15ClN2O4S. The van der Waals surface area contributed by atoms with Crippen molar-refractivity contribution in [3.8, 4) is 0 Å². The number of hydrogen-bond donors (Lipinski definition) is 0. The van der Waals surface area contributed by atoms with Crippen molar-refractivity contribution >= 4 is 52.1 Å². The van der Waals surface area contributed by atoms with Crippen LogP contribution in [0.5, 0.6) is 0 Å². The van der Waals surface area contributed by atoms with Gasteiger partial charge in [-0.1, -0.05) is 48.0 Å². The van der Waals surface area contributed by atoms with Crippen molar-refractivity contribution in [2.24, 2.45) is 0 Å². The second-order valence-electron chi connectivity index (χ2n) is 6.71. The van der Waals surface area contributed by atoms with Crippen molar-refractivity contribution in [2.75, 3.05) is 4.90 Å². The minimum absolute atomic E-state index is 0.0914. The molecule has 0 saturated heterocycles. The topological polar surface area (TPSA) is 80.5 Å². The Kier molecular flexibility index (Phi) is 5.88. The van der Waals surface area contributed by atoms with Gasteiger partial charge in [0.25, 0.3) is 17.5 Å². The number of halogens is 1. The van der Waals surface area contributed by atoms with Crippen LogP contribution in [0.1, 0.15) is 11.1 Å². The molecule has 0 spiro atoms. The lowest BCUT2D eigenvalue weighted by molar-refractivity contribution is -0.384. The second-order valence-corrected chi connectivity index (χ2v) is 8.13. The van der Waals surface area contributed by atoms with Crippen molar-refractivity contribution in [2.45, 2.75) is 5.75 Å². The van der Waals surface area contributed by atoms with Gasteiger partial charge in [0, 0.05) is 22.9 Å². The first kappa shape index (κ1) is 20.8. The minimum Gasteiger partial charge on any atom is -0.268 e. The normalized spacial score (nSPS) is 13.8. The van der Waals surface area contributed by atoms with Crippen LogP contribution in [0.4, 0.5) is 11.4 Å². The number of rotatable bonds is 6. The summed E-state index contributed by atoms with van der Waals surface area (Å²) in [5, 5.41) is 11.4. The molecular weight excluding hydrogens is 436 g/mol. The van der Waals surface area contributed by atoms with Gasteiger partial charge in [0.2, 0.25) is 0 Å². The predicted molar refractivity (Wildman–Crippen MR) is 122 cm³/mol. The fourth-order valence-corrected chi connectivity index (χ4v) is 4.48. The van der Waals surface area contributed by atoms with Crippen LogP contribution < -0.4 is 4.90 Å². The molecule has 3 aromatic carbocycles. The maximum absolute atomic E-state index is 13.3. The first-order valence-electron chi connectivity index (χ1n) is 9.26. The van der Waals surface area contributed by atoms with Crippen LogP contribution in [0.15, 0.2) is 83.8 Å². The Hall–Kier alpha value is -3.42. The zero-order valence-electron chi connectivity index (χ0n) is 16.0. The molecule has 3 aromatic rings. The molecule has 2 amide bonds. The Balaban J connectivity index is 1.75. The number of carbonyl (C=O) groups excluding carboxylic acids is 2. The number of non-ortho nitro benzene ring substituents is 1. The smallest absolute Gasteiger partial charge is 0.268 e. The summed E-state index contributed by atoms with van der Waals surface area (Å²) in [7, 11) is 0. The minimum atomic E-state index is -0.511. The van der Waals surface area contributed by atoms with Gasteiger partial charge in [0.05, 0.1) is 21.1 Å². The number of hydrogen-bond acceptors (Lipinski definition) is 5. The molecule has 0 unspecified atom stereocenters. The average Bonchev–Trinajstić information content (AvgIpc) is 3.02. The molecule has 0 fully saturated rings. The molecule has 1 aliphatic heterocycles. The highest BCUT2D eigenvalue weighted by molar-refractivity contribution is 8.03. The monoisotopic (exact) mass is 450 g/mol. The third-order valence-electron chi connectivity index (χ3n) is 4.70. The number of carbonyl (C=O) groups is 2. The molecule has 1 heterocycles. The lowest BCUT2D eigenvalue weighted by Gasteiger charge is -2.15. The summed E-state index contributed by atoms with van der Waals surface area (Å²) in [5.41, 5.74) is 1.96. The number of nitro benzene ring substituents is 1. The van der Waals surface area contributed by atoms with Crippen molar-refractivity contribution in [1.29, 1.82) is 0 Å². The summed E-state index contributed by atoms with van der Waals surface area (Å²) in [6.07, 6.45) is 0. The molecule has 8 heteroatoms. The Morgan fingerprint density at radius 3 is 2.26 bits per heavy atom. The van der Waals surface area contributed by atoms with E-state index in [1.165, 1.54) is 36.0 Å². The largest absolute Gasteiger partial charge is 0.272 e. The van der Waals surface area contributed by atoms with E-state index in [2.05, 4.69) is 0 Å². The second kappa shape index (κ2) is 8.75. The molecule has 154 valence electrons. The molecule has 0 N–H and O–H groups in total. The first-order valence-corrected chi connectivity index (χ1v) is 10.6. The maximum atomic E-state index is 13.3. The average molecular weight is 451 g/mol. The zero-order chi connectivity index (χ0) is 22.0. The highest BCUT2D eigenvalue weighted by Crippen LogP contribution is 2.40. The van der Waals surface area contributed by atoms with Crippen LogP contribution in [-0.4, -0.2) is 16.7 Å². The van der Waals surface area contributed by atoms with Crippen LogP contribution in [0.2, 0.25) is 5.02 Å². The number of nitrogens with zero attached hydrogens (tertiary/aromatic N) is 2. The van der Waals surface area contributed by atoms with E-state index in [-0.39, 0.29) is 11.3 Å². The van der Waals surface area contributed by atoms with E-state index in [0.717, 1.165) is 10.5 Å². The van der Waals surface area contributed by atoms with Crippen LogP contribution in [0, 0.1) is 10.1 Å². The van der Waals surface area contributed by atoms with Crippen LogP contribution in [0.25, 0.3) is 5.57 Å². The Labute approximate surface area is 187 Å². The summed E-state index contributed by atoms with van der Waals surface area (Å²) < 4.78 is 0. The molecule has 6 nitrogen and oxygen atoms in total. The number of nitro groups is 1. The number of benzene rings is 3. The van der Waals surface area contributed by atoms with Crippen LogP contribution in [0.3, 0.4) is 0 Å². The number of anilines is 1. The van der Waals surface area contributed by atoms with Crippen molar-refractivity contribution in [3.63, 3.8) is 0 Å². The fourth-order valence-electron chi connectivity index (χ4n) is 3.23. The molecule has 4 rings (SSSR count). The molecule has 0 aliphatic carbocycles. The maximum Gasteiger partial charge on any atom is 0.272 e. The number of imide groups is 1. The zero-order valence-corrected chi connectivity index (χ0v) is 17.6. The van der Waals surface area contributed by atoms with Gasteiger partial charge in [-0.25, -0.2) is 4.90 Å². The summed E-state index contributed by atoms with van der Waals surface area (Å²) in [6, 6.07) is 21.7. The standard InChI is InChI=1S/C23H15ClN2O4S/c24-17-7-4-8-19(13-17)25-22(27)20(16-9-11-18(12-10-16)26(29)30)21(23(25)28)31-14-15-5-2-1-3-6-15/h1-13H,14H2. The van der Waals surface area contributed by atoms with Gasteiger partial charge in [0.15, 0.2) is 0 Å². The molecule has 31 heavy (non-hydrogen) atoms. The van der Waals surface area contributed by atoms with E-state index in [0.29, 0.717) is 26.9 Å². The van der Waals surface area contributed by atoms with E-state index in [1.54, 1.807) is 24.3 Å². The van der Waals surface area contributed by atoms with E-state index in [1.807, 2.05) is 30.3 Å². The molecule has 1 aliphatic rings. The van der Waals surface area contributed by atoms with Gasteiger partial charge in [-0.3, -0.25) is 19.7 Å². The van der Waals surface area contributed by atoms with Crippen LogP contribution >= 0.6 is 23.4 Å². The molecule has 0 aromatic heterocycles. The predicted octanol–water partition coefficient (Wildman–Crippen LogP) is 5.47. The molecule has 0 radical (unpaired) electrons. The molecule has 0 saturated carbocycles. The van der Waals surface area contributed by atoms with E-state index in [4.69, 9.17) is 11.6 Å². The fraction of sp³-hybridized carbons (Fsp3) is 0.0435. The summed E-state index contributed by atoms with van der Waals surface area (Å²) in [4.78, 5) is 38.5. The van der Waals surface area contributed by atoms with Gasteiger partial charge in [0.1, 0.15) is 0 Å². The summed E-state index contributed by atoms with van der Waals surface area (Å²) >= 11 is 7.33. The van der Waals surface area contributed by atoms with Crippen molar-refractivity contribution in [1.82, 2.24) is 0 Å². The molecule has 0 atom stereocenters.